The molecular weight excluding hydrogens is 224 g/mol. The van der Waals surface area contributed by atoms with Gasteiger partial charge in [-0.05, 0) is 25.0 Å². The van der Waals surface area contributed by atoms with Crippen LogP contribution in [0.5, 0.6) is 0 Å². The van der Waals surface area contributed by atoms with Gasteiger partial charge in [-0.2, -0.15) is 0 Å². The summed E-state index contributed by atoms with van der Waals surface area (Å²) in [6, 6.07) is 4.05. The maximum absolute atomic E-state index is 9.43. The van der Waals surface area contributed by atoms with Crippen LogP contribution in [0.3, 0.4) is 0 Å². The Hall–Kier alpha value is -0.800. The Morgan fingerprint density at radius 1 is 1.44 bits per heavy atom. The molecule has 0 aliphatic carbocycles. The van der Waals surface area contributed by atoms with E-state index in [0.29, 0.717) is 5.15 Å². The topological polar surface area (TPSA) is 36.4 Å². The number of aromatic nitrogens is 1. The summed E-state index contributed by atoms with van der Waals surface area (Å²) in [7, 11) is 0. The molecule has 88 valence electrons. The van der Waals surface area contributed by atoms with Crippen LogP contribution >= 0.6 is 11.6 Å². The molecule has 1 aromatic heterocycles. The molecule has 1 unspecified atom stereocenters. The van der Waals surface area contributed by atoms with Gasteiger partial charge in [0.05, 0.1) is 12.6 Å². The molecule has 1 saturated heterocycles. The summed E-state index contributed by atoms with van der Waals surface area (Å²) in [5.41, 5.74) is 1.07. The second kappa shape index (κ2) is 5.51. The molecule has 2 rings (SSSR count). The van der Waals surface area contributed by atoms with Gasteiger partial charge in [-0.1, -0.05) is 24.4 Å². The summed E-state index contributed by atoms with van der Waals surface area (Å²) in [5, 5.41) is 9.94. The monoisotopic (exact) mass is 240 g/mol. The Morgan fingerprint density at radius 3 is 3.06 bits per heavy atom. The van der Waals surface area contributed by atoms with Crippen molar-refractivity contribution in [1.29, 1.82) is 0 Å². The number of pyridine rings is 1. The highest BCUT2D eigenvalue weighted by molar-refractivity contribution is 6.29. The number of anilines is 1. The lowest BCUT2D eigenvalue weighted by Crippen LogP contribution is -2.37. The van der Waals surface area contributed by atoms with Crippen molar-refractivity contribution in [1.82, 2.24) is 4.98 Å². The van der Waals surface area contributed by atoms with Crippen LogP contribution in [0.2, 0.25) is 5.15 Å². The summed E-state index contributed by atoms with van der Waals surface area (Å²) in [4.78, 5) is 6.24. The van der Waals surface area contributed by atoms with E-state index in [-0.39, 0.29) is 12.6 Å². The number of hydrogen-bond acceptors (Lipinski definition) is 3. The Balaban J connectivity index is 2.21. The smallest absolute Gasteiger partial charge is 0.131 e. The molecule has 16 heavy (non-hydrogen) atoms. The highest BCUT2D eigenvalue weighted by Crippen LogP contribution is 2.25. The number of aliphatic hydroxyl groups is 1. The third kappa shape index (κ3) is 2.66. The predicted octanol–water partition coefficient (Wildman–Crippen LogP) is 2.48. The first-order chi connectivity index (χ1) is 7.81. The summed E-state index contributed by atoms with van der Waals surface area (Å²) in [6.07, 6.45) is 6.39. The first-order valence-corrected chi connectivity index (χ1v) is 6.18. The standard InChI is InChI=1S/C12H17ClN2O/c13-12-8-10(5-6-14-12)15-7-3-1-2-4-11(15)9-16/h5-6,8,11,16H,1-4,7,9H2. The number of hydrogen-bond donors (Lipinski definition) is 1. The van der Waals surface area contributed by atoms with Crippen molar-refractivity contribution in [2.75, 3.05) is 18.1 Å². The molecule has 1 fully saturated rings. The van der Waals surface area contributed by atoms with Crippen LogP contribution in [0, 0.1) is 0 Å². The minimum absolute atomic E-state index is 0.208. The Morgan fingerprint density at radius 2 is 2.31 bits per heavy atom. The van der Waals surface area contributed by atoms with Gasteiger partial charge in [-0.25, -0.2) is 4.98 Å². The van der Waals surface area contributed by atoms with Crippen LogP contribution in [-0.4, -0.2) is 29.3 Å². The van der Waals surface area contributed by atoms with Crippen molar-refractivity contribution in [3.05, 3.63) is 23.5 Å². The lowest BCUT2D eigenvalue weighted by atomic mass is 10.1. The summed E-state index contributed by atoms with van der Waals surface area (Å²) in [5.74, 6) is 0. The molecule has 4 heteroatoms. The molecule has 1 aliphatic rings. The molecule has 0 bridgehead atoms. The maximum atomic E-state index is 9.43. The molecular formula is C12H17ClN2O. The Bertz CT molecular complexity index is 346. The lowest BCUT2D eigenvalue weighted by Gasteiger charge is -2.30. The quantitative estimate of drug-likeness (QED) is 0.807. The van der Waals surface area contributed by atoms with Crippen LogP contribution in [-0.2, 0) is 0 Å². The molecule has 0 aromatic carbocycles. The van der Waals surface area contributed by atoms with Crippen LogP contribution in [0.1, 0.15) is 25.7 Å². The first kappa shape index (κ1) is 11.7. The van der Waals surface area contributed by atoms with Crippen molar-refractivity contribution >= 4 is 17.3 Å². The molecule has 1 atom stereocenters. The summed E-state index contributed by atoms with van der Waals surface area (Å²) in [6.45, 7) is 1.20. The van der Waals surface area contributed by atoms with Gasteiger partial charge in [-0.3, -0.25) is 0 Å². The average Bonchev–Trinajstić information content (AvgIpc) is 2.53. The van der Waals surface area contributed by atoms with Gasteiger partial charge in [0.2, 0.25) is 0 Å². The predicted molar refractivity (Wildman–Crippen MR) is 65.9 cm³/mol. The number of nitrogens with zero attached hydrogens (tertiary/aromatic N) is 2. The molecule has 2 heterocycles. The summed E-state index contributed by atoms with van der Waals surface area (Å²) < 4.78 is 0. The SMILES string of the molecule is OCC1CCCCCN1c1ccnc(Cl)c1. The zero-order chi connectivity index (χ0) is 11.4. The first-order valence-electron chi connectivity index (χ1n) is 5.80. The minimum atomic E-state index is 0.208. The highest BCUT2D eigenvalue weighted by atomic mass is 35.5. The Kier molecular flexibility index (Phi) is 4.02. The lowest BCUT2D eigenvalue weighted by molar-refractivity contribution is 0.255. The van der Waals surface area contributed by atoms with Crippen molar-refractivity contribution < 1.29 is 5.11 Å². The van der Waals surface area contributed by atoms with E-state index in [2.05, 4.69) is 9.88 Å². The molecule has 3 nitrogen and oxygen atoms in total. The van der Waals surface area contributed by atoms with E-state index >= 15 is 0 Å². The van der Waals surface area contributed by atoms with Crippen molar-refractivity contribution in [3.8, 4) is 0 Å². The molecule has 1 aliphatic heterocycles. The van der Waals surface area contributed by atoms with E-state index in [1.165, 1.54) is 19.3 Å². The molecule has 0 spiro atoms. The van der Waals surface area contributed by atoms with Gasteiger partial charge in [0.1, 0.15) is 5.15 Å². The maximum Gasteiger partial charge on any atom is 0.131 e. The van der Waals surface area contributed by atoms with E-state index in [0.717, 1.165) is 18.7 Å². The fourth-order valence-corrected chi connectivity index (χ4v) is 2.45. The highest BCUT2D eigenvalue weighted by Gasteiger charge is 2.20. The van der Waals surface area contributed by atoms with Gasteiger partial charge < -0.3 is 10.0 Å². The van der Waals surface area contributed by atoms with Crippen LogP contribution in [0.15, 0.2) is 18.3 Å². The van der Waals surface area contributed by atoms with Crippen molar-refractivity contribution in [3.63, 3.8) is 0 Å². The van der Waals surface area contributed by atoms with Gasteiger partial charge in [0.15, 0.2) is 0 Å². The number of aliphatic hydroxyl groups excluding tert-OH is 1. The second-order valence-corrected chi connectivity index (χ2v) is 4.60. The molecule has 0 radical (unpaired) electrons. The van der Waals surface area contributed by atoms with E-state index in [9.17, 15) is 5.11 Å². The summed E-state index contributed by atoms with van der Waals surface area (Å²) >= 11 is 5.90. The normalized spacial score (nSPS) is 21.9. The second-order valence-electron chi connectivity index (χ2n) is 4.22. The zero-order valence-electron chi connectivity index (χ0n) is 9.27. The number of rotatable bonds is 2. The average molecular weight is 241 g/mol. The largest absolute Gasteiger partial charge is 0.394 e. The van der Waals surface area contributed by atoms with Crippen LogP contribution in [0.4, 0.5) is 5.69 Å². The molecule has 1 N–H and O–H groups in total. The van der Waals surface area contributed by atoms with Crippen molar-refractivity contribution in [2.24, 2.45) is 0 Å². The van der Waals surface area contributed by atoms with Gasteiger partial charge >= 0.3 is 0 Å². The van der Waals surface area contributed by atoms with E-state index in [1.807, 2.05) is 12.1 Å². The fraction of sp³-hybridized carbons (Fsp3) is 0.583. The Labute approximate surface area is 101 Å². The third-order valence-electron chi connectivity index (χ3n) is 3.13. The van der Waals surface area contributed by atoms with Crippen molar-refractivity contribution in [2.45, 2.75) is 31.7 Å². The number of halogens is 1. The fourth-order valence-electron chi connectivity index (χ4n) is 2.28. The van der Waals surface area contributed by atoms with Gasteiger partial charge in [0.25, 0.3) is 0 Å². The molecule has 0 amide bonds. The van der Waals surface area contributed by atoms with E-state index < -0.39 is 0 Å². The minimum Gasteiger partial charge on any atom is -0.394 e. The van der Waals surface area contributed by atoms with E-state index in [4.69, 9.17) is 11.6 Å². The zero-order valence-corrected chi connectivity index (χ0v) is 10.0. The van der Waals surface area contributed by atoms with Crippen LogP contribution < -0.4 is 4.90 Å². The van der Waals surface area contributed by atoms with Crippen LogP contribution in [0.25, 0.3) is 0 Å². The van der Waals surface area contributed by atoms with Gasteiger partial charge in [0, 0.05) is 18.4 Å². The molecule has 0 saturated carbocycles. The van der Waals surface area contributed by atoms with E-state index in [1.54, 1.807) is 6.20 Å². The van der Waals surface area contributed by atoms with Gasteiger partial charge in [-0.15, -0.1) is 0 Å². The third-order valence-corrected chi connectivity index (χ3v) is 3.34. The molecule has 1 aromatic rings.